The second kappa shape index (κ2) is 15.0. The van der Waals surface area contributed by atoms with Crippen molar-refractivity contribution in [1.82, 2.24) is 0 Å². The Morgan fingerprint density at radius 3 is 1.48 bits per heavy atom. The van der Waals surface area contributed by atoms with Crippen molar-refractivity contribution in [2.45, 2.75) is 24.4 Å². The van der Waals surface area contributed by atoms with E-state index in [1.807, 2.05) is 0 Å². The first-order valence-corrected chi connectivity index (χ1v) is 8.40. The normalized spacial score (nSPS) is 13.7. The third-order valence-corrected chi connectivity index (χ3v) is 3.00. The van der Waals surface area contributed by atoms with Crippen LogP contribution in [-0.4, -0.2) is 85.2 Å². The number of aldehydes is 1. The average Bonchev–Trinajstić information content (AvgIpc) is 2.74. The predicted molar refractivity (Wildman–Crippen MR) is 99.0 cm³/mol. The molecule has 0 fully saturated rings. The number of carbonyl (C=O) groups is 5. The van der Waals surface area contributed by atoms with Crippen LogP contribution in [0.2, 0.25) is 0 Å². The van der Waals surface area contributed by atoms with Crippen LogP contribution in [0.1, 0.15) is 0 Å². The van der Waals surface area contributed by atoms with E-state index < -0.39 is 48.9 Å². The van der Waals surface area contributed by atoms with Gasteiger partial charge in [0.2, 0.25) is 6.10 Å². The Morgan fingerprint density at radius 2 is 1.13 bits per heavy atom. The van der Waals surface area contributed by atoms with Crippen LogP contribution in [0.25, 0.3) is 0 Å². The van der Waals surface area contributed by atoms with Crippen LogP contribution in [0, 0.1) is 0 Å². The summed E-state index contributed by atoms with van der Waals surface area (Å²) in [5.41, 5.74) is 0. The molecular weight excluding hydrogens is 424 g/mol. The van der Waals surface area contributed by atoms with Crippen molar-refractivity contribution >= 4 is 30.7 Å². The Kier molecular flexibility index (Phi) is 13.2. The number of aliphatic hydroxyl groups excluding tert-OH is 1. The average molecular weight is 446 g/mol. The predicted octanol–water partition coefficient (Wildman–Crippen LogP) is 0.754. The fourth-order valence-corrected chi connectivity index (χ4v) is 1.76. The SMILES string of the molecule is C=CCOC(=O)O[C@@H]([C@H](OC(=O)OCC=C)[C@H](O)C(=O)O)[C@H](C=O)OC(=O)OCC=C. The Balaban J connectivity index is 5.92. The zero-order valence-corrected chi connectivity index (χ0v) is 16.2. The molecule has 0 aromatic carbocycles. The number of carboxylic acids is 1. The highest BCUT2D eigenvalue weighted by Crippen LogP contribution is 2.18. The molecule has 172 valence electrons. The van der Waals surface area contributed by atoms with Crippen LogP contribution in [0.4, 0.5) is 14.4 Å². The van der Waals surface area contributed by atoms with Gasteiger partial charge >= 0.3 is 24.4 Å². The lowest BCUT2D eigenvalue weighted by Crippen LogP contribution is -2.53. The molecule has 0 aliphatic rings. The van der Waals surface area contributed by atoms with Crippen LogP contribution in [-0.2, 0) is 38.0 Å². The maximum absolute atomic E-state index is 11.8. The summed E-state index contributed by atoms with van der Waals surface area (Å²) in [4.78, 5) is 58.0. The molecule has 0 radical (unpaired) electrons. The summed E-state index contributed by atoms with van der Waals surface area (Å²) in [5.74, 6) is -1.94. The van der Waals surface area contributed by atoms with Crippen molar-refractivity contribution < 1.29 is 62.6 Å². The number of hydrogen-bond donors (Lipinski definition) is 2. The molecule has 0 aliphatic heterocycles. The van der Waals surface area contributed by atoms with Crippen molar-refractivity contribution in [2.75, 3.05) is 19.8 Å². The molecular formula is C18H22O13. The third kappa shape index (κ3) is 10.5. The number of ether oxygens (including phenoxy) is 6. The number of carboxylic acid groups (broad SMARTS) is 1. The zero-order valence-electron chi connectivity index (χ0n) is 16.2. The van der Waals surface area contributed by atoms with Crippen molar-refractivity contribution in [3.63, 3.8) is 0 Å². The van der Waals surface area contributed by atoms with Crippen molar-refractivity contribution in [1.29, 1.82) is 0 Å². The molecule has 0 rings (SSSR count). The minimum Gasteiger partial charge on any atom is -0.479 e. The Morgan fingerprint density at radius 1 is 0.742 bits per heavy atom. The molecule has 31 heavy (non-hydrogen) atoms. The summed E-state index contributed by atoms with van der Waals surface area (Å²) in [6, 6.07) is 0. The topological polar surface area (TPSA) is 181 Å². The fraction of sp³-hybridized carbons (Fsp3) is 0.389. The molecule has 0 amide bonds. The molecule has 0 unspecified atom stereocenters. The van der Waals surface area contributed by atoms with Gasteiger partial charge in [-0.15, -0.1) is 0 Å². The molecule has 0 heterocycles. The van der Waals surface area contributed by atoms with Gasteiger partial charge in [-0.2, -0.15) is 0 Å². The summed E-state index contributed by atoms with van der Waals surface area (Å²) >= 11 is 0. The summed E-state index contributed by atoms with van der Waals surface area (Å²) in [6.07, 6.45) is -10.2. The van der Waals surface area contributed by atoms with Crippen molar-refractivity contribution in [3.8, 4) is 0 Å². The number of aliphatic hydroxyl groups is 1. The highest BCUT2D eigenvalue weighted by atomic mass is 16.8. The van der Waals surface area contributed by atoms with E-state index in [0.29, 0.717) is 0 Å². The Bertz CT molecular complexity index is 671. The lowest BCUT2D eigenvalue weighted by molar-refractivity contribution is -0.169. The molecule has 0 bridgehead atoms. The lowest BCUT2D eigenvalue weighted by atomic mass is 10.0. The lowest BCUT2D eigenvalue weighted by Gasteiger charge is -2.30. The summed E-state index contributed by atoms with van der Waals surface area (Å²) in [5, 5.41) is 19.0. The molecule has 0 saturated heterocycles. The van der Waals surface area contributed by atoms with E-state index in [1.165, 1.54) is 6.08 Å². The molecule has 0 aromatic rings. The summed E-state index contributed by atoms with van der Waals surface area (Å²) < 4.78 is 27.7. The van der Waals surface area contributed by atoms with Gasteiger partial charge in [0.1, 0.15) is 19.8 Å². The highest BCUT2D eigenvalue weighted by molar-refractivity contribution is 5.74. The van der Waals surface area contributed by atoms with Crippen LogP contribution in [0.5, 0.6) is 0 Å². The van der Waals surface area contributed by atoms with Gasteiger partial charge in [0.05, 0.1) is 0 Å². The van der Waals surface area contributed by atoms with Gasteiger partial charge in [-0.1, -0.05) is 38.0 Å². The minimum atomic E-state index is -2.55. The molecule has 0 saturated carbocycles. The first-order valence-electron chi connectivity index (χ1n) is 8.40. The molecule has 13 heteroatoms. The molecule has 0 spiro atoms. The van der Waals surface area contributed by atoms with E-state index in [2.05, 4.69) is 43.4 Å². The number of hydrogen-bond acceptors (Lipinski definition) is 12. The maximum atomic E-state index is 11.8. The molecule has 2 N–H and O–H groups in total. The zero-order chi connectivity index (χ0) is 23.8. The van der Waals surface area contributed by atoms with E-state index in [0.717, 1.165) is 12.2 Å². The fourth-order valence-electron chi connectivity index (χ4n) is 1.76. The maximum Gasteiger partial charge on any atom is 0.509 e. The van der Waals surface area contributed by atoms with E-state index in [4.69, 9.17) is 9.84 Å². The van der Waals surface area contributed by atoms with Gasteiger partial charge in [0.15, 0.2) is 24.6 Å². The number of aliphatic carboxylic acids is 1. The Hall–Kier alpha value is -3.87. The van der Waals surface area contributed by atoms with Gasteiger partial charge in [0, 0.05) is 0 Å². The van der Waals surface area contributed by atoms with Crippen LogP contribution in [0.15, 0.2) is 38.0 Å². The van der Waals surface area contributed by atoms with Gasteiger partial charge in [-0.3, -0.25) is 4.79 Å². The minimum absolute atomic E-state index is 0.0827. The van der Waals surface area contributed by atoms with E-state index >= 15 is 0 Å². The first-order chi connectivity index (χ1) is 14.7. The van der Waals surface area contributed by atoms with E-state index in [1.54, 1.807) is 0 Å². The Labute approximate surface area is 176 Å². The van der Waals surface area contributed by atoms with Crippen LogP contribution >= 0.6 is 0 Å². The second-order valence-electron chi connectivity index (χ2n) is 5.22. The molecule has 0 aliphatic carbocycles. The third-order valence-electron chi connectivity index (χ3n) is 3.00. The van der Waals surface area contributed by atoms with Gasteiger partial charge in [0.25, 0.3) is 0 Å². The van der Waals surface area contributed by atoms with E-state index in [9.17, 15) is 29.1 Å². The molecule has 4 atom stereocenters. The number of carbonyl (C=O) groups excluding carboxylic acids is 4. The van der Waals surface area contributed by atoms with Crippen molar-refractivity contribution in [3.05, 3.63) is 38.0 Å². The molecule has 13 nitrogen and oxygen atoms in total. The second-order valence-corrected chi connectivity index (χ2v) is 5.22. The largest absolute Gasteiger partial charge is 0.509 e. The highest BCUT2D eigenvalue weighted by Gasteiger charge is 2.46. The quantitative estimate of drug-likeness (QED) is 0.165. The van der Waals surface area contributed by atoms with Crippen LogP contribution < -0.4 is 0 Å². The first kappa shape index (κ1) is 27.1. The van der Waals surface area contributed by atoms with Crippen molar-refractivity contribution in [2.24, 2.45) is 0 Å². The van der Waals surface area contributed by atoms with Gasteiger partial charge in [-0.05, 0) is 0 Å². The standard InChI is InChI=1S/C18H22O13/c1-4-7-26-16(23)29-11(10-19)13(30-17(24)27-8-5-2)14(12(20)15(21)22)31-18(25)28-9-6-3/h4-6,10-14,20H,1-3,7-9H2,(H,21,22)/t11-,12-,13+,14+/m0/s1. The number of rotatable bonds is 14. The summed E-state index contributed by atoms with van der Waals surface area (Å²) in [7, 11) is 0. The molecule has 0 aromatic heterocycles. The van der Waals surface area contributed by atoms with Crippen LogP contribution in [0.3, 0.4) is 0 Å². The monoisotopic (exact) mass is 446 g/mol. The smallest absolute Gasteiger partial charge is 0.479 e. The summed E-state index contributed by atoms with van der Waals surface area (Å²) in [6.45, 7) is 8.83. The van der Waals surface area contributed by atoms with Gasteiger partial charge in [-0.25, -0.2) is 19.2 Å². The van der Waals surface area contributed by atoms with E-state index in [-0.39, 0.29) is 26.1 Å². The van der Waals surface area contributed by atoms with Gasteiger partial charge < -0.3 is 38.6 Å².